The zero-order valence-electron chi connectivity index (χ0n) is 10.1. The second-order valence-corrected chi connectivity index (χ2v) is 3.97. The fraction of sp³-hybridized carbons (Fsp3) is 0.273. The molecule has 0 bridgehead atoms. The molecular weight excluding hydrogens is 230 g/mol. The Kier molecular flexibility index (Phi) is 2.52. The quantitative estimate of drug-likeness (QED) is 0.709. The Balaban J connectivity index is 2.15. The first kappa shape index (κ1) is 10.8. The van der Waals surface area contributed by atoms with Gasteiger partial charge in [0.25, 0.3) is 0 Å². The molecule has 7 nitrogen and oxygen atoms in total. The minimum absolute atomic E-state index is 0.0563. The van der Waals surface area contributed by atoms with Crippen LogP contribution in [-0.4, -0.2) is 36.4 Å². The fourth-order valence-electron chi connectivity index (χ4n) is 2.07. The van der Waals surface area contributed by atoms with E-state index in [9.17, 15) is 0 Å². The van der Waals surface area contributed by atoms with Crippen molar-refractivity contribution in [2.75, 3.05) is 7.05 Å². The lowest BCUT2D eigenvalue weighted by Crippen LogP contribution is -2.21. The topological polar surface area (TPSA) is 72.9 Å². The second kappa shape index (κ2) is 4.19. The monoisotopic (exact) mass is 243 g/mol. The van der Waals surface area contributed by atoms with Crippen molar-refractivity contribution in [1.29, 1.82) is 0 Å². The van der Waals surface area contributed by atoms with Crippen LogP contribution >= 0.6 is 0 Å². The lowest BCUT2D eigenvalue weighted by Gasteiger charge is -2.13. The van der Waals surface area contributed by atoms with Crippen LogP contribution in [0.25, 0.3) is 5.52 Å². The normalized spacial score (nSPS) is 13.0. The maximum atomic E-state index is 4.31. The first-order valence-electron chi connectivity index (χ1n) is 5.59. The summed E-state index contributed by atoms with van der Waals surface area (Å²) in [7, 11) is 3.76. The van der Waals surface area contributed by atoms with Crippen molar-refractivity contribution in [2.24, 2.45) is 7.05 Å². The summed E-state index contributed by atoms with van der Waals surface area (Å²) < 4.78 is 3.55. The Labute approximate surface area is 103 Å². The molecule has 0 saturated carbocycles. The molecule has 3 rings (SSSR count). The van der Waals surface area contributed by atoms with Crippen molar-refractivity contribution < 1.29 is 0 Å². The predicted octanol–water partition coefficient (Wildman–Crippen LogP) is 0.167. The first-order chi connectivity index (χ1) is 8.81. The van der Waals surface area contributed by atoms with Crippen LogP contribution in [0.2, 0.25) is 0 Å². The molecule has 3 heterocycles. The standard InChI is InChI=1S/C11H13N7/c1-12-10(11-14-7-16-17(11)2)8-5-15-18-4-3-13-6-9(8)18/h3-7,10,12H,1-2H3. The van der Waals surface area contributed by atoms with Gasteiger partial charge in [0.15, 0.2) is 0 Å². The number of aryl methyl sites for hydroxylation is 1. The molecule has 18 heavy (non-hydrogen) atoms. The maximum absolute atomic E-state index is 4.31. The number of aromatic nitrogens is 6. The van der Waals surface area contributed by atoms with Gasteiger partial charge in [-0.3, -0.25) is 9.67 Å². The number of nitrogens with one attached hydrogen (secondary N) is 1. The summed E-state index contributed by atoms with van der Waals surface area (Å²) in [5.41, 5.74) is 1.99. The van der Waals surface area contributed by atoms with Crippen LogP contribution in [0.5, 0.6) is 0 Å². The Hall–Kier alpha value is -2.28. The molecule has 1 N–H and O–H groups in total. The largest absolute Gasteiger partial charge is 0.307 e. The average Bonchev–Trinajstić information content (AvgIpc) is 2.99. The molecule has 3 aromatic heterocycles. The van der Waals surface area contributed by atoms with Crippen LogP contribution in [0.1, 0.15) is 17.4 Å². The van der Waals surface area contributed by atoms with Crippen molar-refractivity contribution in [2.45, 2.75) is 6.04 Å². The van der Waals surface area contributed by atoms with Gasteiger partial charge in [-0.15, -0.1) is 0 Å². The fourth-order valence-corrected chi connectivity index (χ4v) is 2.07. The average molecular weight is 243 g/mol. The summed E-state index contributed by atoms with van der Waals surface area (Å²) in [5.74, 6) is 0.844. The summed E-state index contributed by atoms with van der Waals surface area (Å²) in [6.45, 7) is 0. The molecule has 7 heteroatoms. The van der Waals surface area contributed by atoms with Crippen molar-refractivity contribution in [1.82, 2.24) is 34.7 Å². The predicted molar refractivity (Wildman–Crippen MR) is 64.9 cm³/mol. The van der Waals surface area contributed by atoms with Crippen LogP contribution in [0.15, 0.2) is 31.1 Å². The summed E-state index contributed by atoms with van der Waals surface area (Å²) in [4.78, 5) is 8.42. The molecule has 3 aromatic rings. The SMILES string of the molecule is CNC(c1cnn2ccncc12)c1ncnn1C. The summed E-state index contributed by atoms with van der Waals surface area (Å²) in [6, 6.07) is -0.0563. The Morgan fingerprint density at radius 2 is 2.17 bits per heavy atom. The molecule has 92 valence electrons. The van der Waals surface area contributed by atoms with Gasteiger partial charge in [0, 0.05) is 25.0 Å². The lowest BCUT2D eigenvalue weighted by molar-refractivity contribution is 0.594. The molecule has 0 aliphatic heterocycles. The van der Waals surface area contributed by atoms with Crippen LogP contribution in [0.4, 0.5) is 0 Å². The van der Waals surface area contributed by atoms with Gasteiger partial charge < -0.3 is 5.32 Å². The molecule has 0 fully saturated rings. The van der Waals surface area contributed by atoms with E-state index in [-0.39, 0.29) is 6.04 Å². The molecule has 0 aliphatic carbocycles. The van der Waals surface area contributed by atoms with E-state index in [0.29, 0.717) is 0 Å². The van der Waals surface area contributed by atoms with Crippen molar-refractivity contribution >= 4 is 5.52 Å². The smallest absolute Gasteiger partial charge is 0.148 e. The van der Waals surface area contributed by atoms with Crippen LogP contribution in [0, 0.1) is 0 Å². The van der Waals surface area contributed by atoms with Gasteiger partial charge in [-0.05, 0) is 7.05 Å². The van der Waals surface area contributed by atoms with Gasteiger partial charge in [0.05, 0.1) is 24.0 Å². The minimum Gasteiger partial charge on any atom is -0.307 e. The van der Waals surface area contributed by atoms with Gasteiger partial charge in [0.2, 0.25) is 0 Å². The lowest BCUT2D eigenvalue weighted by atomic mass is 10.1. The van der Waals surface area contributed by atoms with Crippen molar-refractivity contribution in [3.8, 4) is 0 Å². The maximum Gasteiger partial charge on any atom is 0.148 e. The molecule has 1 atom stereocenters. The number of hydrogen-bond donors (Lipinski definition) is 1. The van der Waals surface area contributed by atoms with Gasteiger partial charge in [-0.1, -0.05) is 0 Å². The zero-order chi connectivity index (χ0) is 12.5. The van der Waals surface area contributed by atoms with E-state index in [0.717, 1.165) is 16.9 Å². The van der Waals surface area contributed by atoms with E-state index in [2.05, 4.69) is 25.5 Å². The zero-order valence-corrected chi connectivity index (χ0v) is 10.1. The van der Waals surface area contributed by atoms with Crippen LogP contribution in [-0.2, 0) is 7.05 Å². The minimum atomic E-state index is -0.0563. The highest BCUT2D eigenvalue weighted by Gasteiger charge is 2.20. The Bertz CT molecular complexity index is 669. The third-order valence-corrected chi connectivity index (χ3v) is 2.96. The van der Waals surface area contributed by atoms with Crippen molar-refractivity contribution in [3.63, 3.8) is 0 Å². The molecular formula is C11H13N7. The highest BCUT2D eigenvalue weighted by atomic mass is 15.3. The molecule has 0 aliphatic rings. The van der Waals surface area contributed by atoms with Crippen LogP contribution in [0.3, 0.4) is 0 Å². The Morgan fingerprint density at radius 1 is 1.28 bits per heavy atom. The van der Waals surface area contributed by atoms with E-state index >= 15 is 0 Å². The van der Waals surface area contributed by atoms with E-state index < -0.39 is 0 Å². The van der Waals surface area contributed by atoms with Gasteiger partial charge in [-0.2, -0.15) is 10.2 Å². The summed E-state index contributed by atoms with van der Waals surface area (Å²) in [5, 5.41) is 11.6. The van der Waals surface area contributed by atoms with Gasteiger partial charge in [0.1, 0.15) is 12.2 Å². The number of nitrogens with zero attached hydrogens (tertiary/aromatic N) is 6. The second-order valence-electron chi connectivity index (χ2n) is 3.97. The van der Waals surface area contributed by atoms with E-state index in [1.807, 2.05) is 26.5 Å². The highest BCUT2D eigenvalue weighted by Crippen LogP contribution is 2.22. The summed E-state index contributed by atoms with van der Waals surface area (Å²) >= 11 is 0. The van der Waals surface area contributed by atoms with Gasteiger partial charge >= 0.3 is 0 Å². The highest BCUT2D eigenvalue weighted by molar-refractivity contribution is 5.54. The first-order valence-corrected chi connectivity index (χ1v) is 5.59. The molecule has 1 unspecified atom stereocenters. The van der Waals surface area contributed by atoms with Crippen LogP contribution < -0.4 is 5.32 Å². The van der Waals surface area contributed by atoms with E-state index in [4.69, 9.17) is 0 Å². The molecule has 0 saturated heterocycles. The third-order valence-electron chi connectivity index (χ3n) is 2.96. The molecule has 0 spiro atoms. The van der Waals surface area contributed by atoms with Gasteiger partial charge in [-0.25, -0.2) is 9.50 Å². The number of rotatable bonds is 3. The molecule has 0 radical (unpaired) electrons. The summed E-state index contributed by atoms with van der Waals surface area (Å²) in [6.07, 6.45) is 8.70. The van der Waals surface area contributed by atoms with E-state index in [1.165, 1.54) is 0 Å². The molecule has 0 amide bonds. The Morgan fingerprint density at radius 3 is 2.89 bits per heavy atom. The number of fused-ring (bicyclic) bond motifs is 1. The molecule has 0 aromatic carbocycles. The van der Waals surface area contributed by atoms with E-state index in [1.54, 1.807) is 27.9 Å². The van der Waals surface area contributed by atoms with Crippen molar-refractivity contribution in [3.05, 3.63) is 42.5 Å². The third kappa shape index (κ3) is 1.56. The number of hydrogen-bond acceptors (Lipinski definition) is 5.